The van der Waals surface area contributed by atoms with Crippen LogP contribution in [-0.4, -0.2) is 64.9 Å². The minimum absolute atomic E-state index is 0.00644. The van der Waals surface area contributed by atoms with Gasteiger partial charge >= 0.3 is 0 Å². The molecule has 1 aromatic heterocycles. The van der Waals surface area contributed by atoms with Crippen LogP contribution < -0.4 is 5.32 Å². The largest absolute Gasteiger partial charge is 0.350 e. The number of hydrogen-bond donors (Lipinski definition) is 1. The van der Waals surface area contributed by atoms with Crippen LogP contribution in [-0.2, 0) is 9.59 Å². The molecule has 1 saturated heterocycles. The molecule has 1 aliphatic heterocycles. The fourth-order valence-electron chi connectivity index (χ4n) is 3.00. The van der Waals surface area contributed by atoms with Crippen molar-refractivity contribution in [3.63, 3.8) is 0 Å². The van der Waals surface area contributed by atoms with E-state index in [1.807, 2.05) is 49.9 Å². The second-order valence-corrected chi connectivity index (χ2v) is 8.81. The second-order valence-electron chi connectivity index (χ2n) is 7.75. The van der Waals surface area contributed by atoms with Gasteiger partial charge in [-0.05, 0) is 39.0 Å². The van der Waals surface area contributed by atoms with Gasteiger partial charge in [-0.25, -0.2) is 4.98 Å². The Morgan fingerprint density at radius 3 is 2.56 bits per heavy atom. The average Bonchev–Trinajstić information content (AvgIpc) is 3.01. The lowest BCUT2D eigenvalue weighted by Gasteiger charge is -2.34. The van der Waals surface area contributed by atoms with E-state index in [1.165, 1.54) is 0 Å². The van der Waals surface area contributed by atoms with Crippen molar-refractivity contribution in [1.29, 1.82) is 0 Å². The lowest BCUT2D eigenvalue weighted by atomic mass is 10.1. The van der Waals surface area contributed by atoms with Crippen molar-refractivity contribution in [2.24, 2.45) is 0 Å². The summed E-state index contributed by atoms with van der Waals surface area (Å²) in [5.74, 6) is 0.0195. The summed E-state index contributed by atoms with van der Waals surface area (Å²) < 4.78 is 1.12. The van der Waals surface area contributed by atoms with Gasteiger partial charge in [0.1, 0.15) is 5.01 Å². The number of aromatic nitrogens is 1. The monoisotopic (exact) mass is 386 g/mol. The van der Waals surface area contributed by atoms with Gasteiger partial charge in [0, 0.05) is 37.8 Å². The zero-order valence-corrected chi connectivity index (χ0v) is 16.9. The summed E-state index contributed by atoms with van der Waals surface area (Å²) in [7, 11) is 0. The number of para-hydroxylation sites is 1. The Balaban J connectivity index is 1.49. The number of thiazole rings is 1. The number of nitrogens with zero attached hydrogens (tertiary/aromatic N) is 3. The fraction of sp³-hybridized carbons (Fsp3) is 0.450. The van der Waals surface area contributed by atoms with Gasteiger partial charge in [0.25, 0.3) is 0 Å². The normalized spacial score (nSPS) is 16.2. The number of piperazine rings is 1. The van der Waals surface area contributed by atoms with E-state index in [0.717, 1.165) is 15.2 Å². The SMILES string of the molecule is CC(C)(C)NC(=O)CN1CCN(C(=O)/C=C/c2nc3ccccc3s2)CC1. The van der Waals surface area contributed by atoms with Gasteiger partial charge in [0.2, 0.25) is 11.8 Å². The van der Waals surface area contributed by atoms with E-state index in [4.69, 9.17) is 0 Å². The molecule has 2 heterocycles. The van der Waals surface area contributed by atoms with Crippen LogP contribution in [0.2, 0.25) is 0 Å². The maximum Gasteiger partial charge on any atom is 0.246 e. The van der Waals surface area contributed by atoms with E-state index in [1.54, 1.807) is 23.5 Å². The van der Waals surface area contributed by atoms with Gasteiger partial charge in [-0.15, -0.1) is 11.3 Å². The molecule has 0 bridgehead atoms. The smallest absolute Gasteiger partial charge is 0.246 e. The van der Waals surface area contributed by atoms with E-state index in [2.05, 4.69) is 15.2 Å². The van der Waals surface area contributed by atoms with Gasteiger partial charge < -0.3 is 10.2 Å². The highest BCUT2D eigenvalue weighted by molar-refractivity contribution is 7.19. The summed E-state index contributed by atoms with van der Waals surface area (Å²) >= 11 is 1.58. The van der Waals surface area contributed by atoms with Crippen LogP contribution in [0.25, 0.3) is 16.3 Å². The molecule has 0 spiro atoms. The van der Waals surface area contributed by atoms with E-state index in [0.29, 0.717) is 32.7 Å². The van der Waals surface area contributed by atoms with Crippen molar-refractivity contribution in [3.05, 3.63) is 35.3 Å². The standard InChI is InChI=1S/C20H26N4O2S/c1-20(2,3)22-17(25)14-23-10-12-24(13-11-23)19(26)9-8-18-21-15-6-4-5-7-16(15)27-18/h4-9H,10-14H2,1-3H3,(H,22,25)/b9-8+. The third kappa shape index (κ3) is 5.61. The molecule has 0 radical (unpaired) electrons. The third-order valence-corrected chi connectivity index (χ3v) is 5.25. The van der Waals surface area contributed by atoms with Crippen molar-refractivity contribution in [2.75, 3.05) is 32.7 Å². The maximum absolute atomic E-state index is 12.4. The third-order valence-electron chi connectivity index (χ3n) is 4.24. The highest BCUT2D eigenvalue weighted by Crippen LogP contribution is 2.22. The van der Waals surface area contributed by atoms with E-state index in [-0.39, 0.29) is 17.4 Å². The van der Waals surface area contributed by atoms with E-state index in [9.17, 15) is 9.59 Å². The summed E-state index contributed by atoms with van der Waals surface area (Å²) in [6.07, 6.45) is 3.38. The lowest BCUT2D eigenvalue weighted by Crippen LogP contribution is -2.52. The molecule has 0 atom stereocenters. The second kappa shape index (κ2) is 8.19. The van der Waals surface area contributed by atoms with Crippen molar-refractivity contribution in [3.8, 4) is 0 Å². The summed E-state index contributed by atoms with van der Waals surface area (Å²) in [6, 6.07) is 7.95. The fourth-order valence-corrected chi connectivity index (χ4v) is 3.87. The number of rotatable bonds is 4. The lowest BCUT2D eigenvalue weighted by molar-refractivity contribution is -0.128. The molecule has 0 aliphatic carbocycles. The van der Waals surface area contributed by atoms with Gasteiger partial charge in [-0.1, -0.05) is 12.1 Å². The zero-order chi connectivity index (χ0) is 19.4. The Kier molecular flexibility index (Phi) is 5.92. The summed E-state index contributed by atoms with van der Waals surface area (Å²) in [6.45, 7) is 8.97. The highest BCUT2D eigenvalue weighted by Gasteiger charge is 2.22. The number of benzene rings is 1. The molecule has 27 heavy (non-hydrogen) atoms. The van der Waals surface area contributed by atoms with Gasteiger partial charge in [-0.2, -0.15) is 0 Å². The van der Waals surface area contributed by atoms with E-state index >= 15 is 0 Å². The van der Waals surface area contributed by atoms with Gasteiger partial charge in [-0.3, -0.25) is 14.5 Å². The van der Waals surface area contributed by atoms with Crippen LogP contribution >= 0.6 is 11.3 Å². The van der Waals surface area contributed by atoms with Crippen LogP contribution in [0, 0.1) is 0 Å². The molecular formula is C20H26N4O2S. The first-order valence-corrected chi connectivity index (χ1v) is 9.98. The van der Waals surface area contributed by atoms with Crippen LogP contribution in [0.1, 0.15) is 25.8 Å². The van der Waals surface area contributed by atoms with Crippen molar-refractivity contribution in [2.45, 2.75) is 26.3 Å². The maximum atomic E-state index is 12.4. The van der Waals surface area contributed by atoms with Gasteiger partial charge in [0.15, 0.2) is 0 Å². The summed E-state index contributed by atoms with van der Waals surface area (Å²) in [5, 5.41) is 3.81. The molecule has 1 fully saturated rings. The number of carbonyl (C=O) groups is 2. The minimum atomic E-state index is -0.222. The van der Waals surface area contributed by atoms with Crippen molar-refractivity contribution in [1.82, 2.24) is 20.1 Å². The molecule has 1 N–H and O–H groups in total. The Labute approximate surface area is 163 Å². The Hall–Kier alpha value is -2.25. The van der Waals surface area contributed by atoms with Gasteiger partial charge in [0.05, 0.1) is 16.8 Å². The first-order chi connectivity index (χ1) is 12.8. The summed E-state index contributed by atoms with van der Waals surface area (Å²) in [4.78, 5) is 32.9. The Bertz CT molecular complexity index is 812. The molecule has 1 aliphatic rings. The number of fused-ring (bicyclic) bond motifs is 1. The molecule has 3 rings (SSSR count). The van der Waals surface area contributed by atoms with Crippen LogP contribution in [0.15, 0.2) is 30.3 Å². The number of hydrogen-bond acceptors (Lipinski definition) is 5. The minimum Gasteiger partial charge on any atom is -0.350 e. The van der Waals surface area contributed by atoms with Crippen LogP contribution in [0.4, 0.5) is 0 Å². The molecule has 2 aromatic rings. The zero-order valence-electron chi connectivity index (χ0n) is 16.1. The van der Waals surface area contributed by atoms with Crippen molar-refractivity contribution < 1.29 is 9.59 Å². The van der Waals surface area contributed by atoms with Crippen molar-refractivity contribution >= 4 is 39.4 Å². The number of carbonyl (C=O) groups excluding carboxylic acids is 2. The molecule has 0 saturated carbocycles. The first-order valence-electron chi connectivity index (χ1n) is 9.16. The number of nitrogens with one attached hydrogen (secondary N) is 1. The summed E-state index contributed by atoms with van der Waals surface area (Å²) in [5.41, 5.74) is 0.733. The average molecular weight is 387 g/mol. The first kappa shape index (κ1) is 19.5. The highest BCUT2D eigenvalue weighted by atomic mass is 32.1. The topological polar surface area (TPSA) is 65.5 Å². The van der Waals surface area contributed by atoms with E-state index < -0.39 is 0 Å². The quantitative estimate of drug-likeness (QED) is 0.820. The molecule has 6 nitrogen and oxygen atoms in total. The van der Waals surface area contributed by atoms with Crippen LogP contribution in [0.5, 0.6) is 0 Å². The Morgan fingerprint density at radius 1 is 1.19 bits per heavy atom. The molecular weight excluding hydrogens is 360 g/mol. The molecule has 0 unspecified atom stereocenters. The molecule has 1 aromatic carbocycles. The molecule has 2 amide bonds. The molecule has 7 heteroatoms. The predicted octanol–water partition coefficient (Wildman–Crippen LogP) is 2.37. The number of amides is 2. The molecule has 144 valence electrons. The Morgan fingerprint density at radius 2 is 1.89 bits per heavy atom. The van der Waals surface area contributed by atoms with Crippen LogP contribution in [0.3, 0.4) is 0 Å². The predicted molar refractivity (Wildman–Crippen MR) is 110 cm³/mol.